The highest BCUT2D eigenvalue weighted by Crippen LogP contribution is 2.28. The van der Waals surface area contributed by atoms with E-state index in [9.17, 15) is 14.7 Å². The average molecular weight is 351 g/mol. The van der Waals surface area contributed by atoms with Crippen molar-refractivity contribution in [1.82, 2.24) is 0 Å². The van der Waals surface area contributed by atoms with Crippen molar-refractivity contribution in [3.63, 3.8) is 0 Å². The van der Waals surface area contributed by atoms with Crippen molar-refractivity contribution in [2.45, 2.75) is 13.8 Å². The highest BCUT2D eigenvalue weighted by atomic mass is 32.1. The number of aryl methyl sites for hydroxylation is 1. The van der Waals surface area contributed by atoms with Gasteiger partial charge in [-0.3, -0.25) is 4.79 Å². The number of rotatable bonds is 4. The lowest BCUT2D eigenvalue weighted by molar-refractivity contribution is -0.112. The maximum atomic E-state index is 12.4. The zero-order chi connectivity index (χ0) is 18.0. The van der Waals surface area contributed by atoms with Gasteiger partial charge in [0.15, 0.2) is 0 Å². The predicted octanol–water partition coefficient (Wildman–Crippen LogP) is 4.95. The number of anilines is 1. The van der Waals surface area contributed by atoms with Crippen molar-refractivity contribution >= 4 is 45.1 Å². The molecule has 1 aromatic heterocycles. The molecule has 126 valence electrons. The summed E-state index contributed by atoms with van der Waals surface area (Å²) in [5.74, 6) is -1.34. The number of thiophene rings is 1. The number of carbonyl (C=O) groups excluding carboxylic acids is 1. The van der Waals surface area contributed by atoms with Gasteiger partial charge in [0.05, 0.1) is 5.56 Å². The van der Waals surface area contributed by atoms with Gasteiger partial charge in [-0.15, -0.1) is 11.3 Å². The summed E-state index contributed by atoms with van der Waals surface area (Å²) in [5, 5.41) is 16.3. The van der Waals surface area contributed by atoms with E-state index in [1.807, 2.05) is 42.5 Å². The maximum absolute atomic E-state index is 12.4. The molecule has 0 radical (unpaired) electrons. The van der Waals surface area contributed by atoms with Crippen molar-refractivity contribution in [2.24, 2.45) is 0 Å². The van der Waals surface area contributed by atoms with E-state index in [1.54, 1.807) is 25.3 Å². The Bertz CT molecular complexity index is 1000. The van der Waals surface area contributed by atoms with Crippen molar-refractivity contribution in [1.29, 1.82) is 0 Å². The molecule has 0 unspecified atom stereocenters. The lowest BCUT2D eigenvalue weighted by Gasteiger charge is -2.06. The van der Waals surface area contributed by atoms with Crippen molar-refractivity contribution in [2.75, 3.05) is 5.32 Å². The molecule has 1 amide bonds. The van der Waals surface area contributed by atoms with E-state index >= 15 is 0 Å². The van der Waals surface area contributed by atoms with Gasteiger partial charge in [0.2, 0.25) is 0 Å². The number of carboxylic acid groups (broad SMARTS) is 1. The van der Waals surface area contributed by atoms with Crippen molar-refractivity contribution in [3.8, 4) is 0 Å². The van der Waals surface area contributed by atoms with Gasteiger partial charge in [-0.25, -0.2) is 4.79 Å². The first kappa shape index (κ1) is 16.9. The lowest BCUT2D eigenvalue weighted by atomic mass is 10.1. The minimum Gasteiger partial charge on any atom is -0.478 e. The first-order valence-corrected chi connectivity index (χ1v) is 8.63. The fourth-order valence-corrected chi connectivity index (χ4v) is 3.55. The topological polar surface area (TPSA) is 66.4 Å². The number of aromatic carboxylic acids is 1. The molecular formula is C20H17NO3S. The Hall–Kier alpha value is -2.92. The first-order valence-electron chi connectivity index (χ1n) is 7.75. The smallest absolute Gasteiger partial charge is 0.338 e. The molecular weight excluding hydrogens is 334 g/mol. The number of hydrogen-bond acceptors (Lipinski definition) is 3. The quantitative estimate of drug-likeness (QED) is 0.654. The molecule has 0 bridgehead atoms. The van der Waals surface area contributed by atoms with Gasteiger partial charge in [0, 0.05) is 5.57 Å². The summed E-state index contributed by atoms with van der Waals surface area (Å²) in [4.78, 5) is 23.7. The zero-order valence-electron chi connectivity index (χ0n) is 13.9. The number of benzene rings is 2. The van der Waals surface area contributed by atoms with Gasteiger partial charge >= 0.3 is 5.97 Å². The van der Waals surface area contributed by atoms with Gasteiger partial charge in [-0.1, -0.05) is 36.4 Å². The number of amides is 1. The molecule has 5 heteroatoms. The summed E-state index contributed by atoms with van der Waals surface area (Å²) < 4.78 is 0. The first-order chi connectivity index (χ1) is 12.0. The van der Waals surface area contributed by atoms with Crippen LogP contribution in [0.5, 0.6) is 0 Å². The van der Waals surface area contributed by atoms with Crippen LogP contribution in [0, 0.1) is 6.92 Å². The van der Waals surface area contributed by atoms with E-state index in [0.717, 1.165) is 16.3 Å². The summed E-state index contributed by atoms with van der Waals surface area (Å²) in [6.07, 6.45) is 1.79. The molecule has 0 atom stereocenters. The molecule has 0 spiro atoms. The van der Waals surface area contributed by atoms with Gasteiger partial charge in [-0.2, -0.15) is 0 Å². The monoisotopic (exact) mass is 351 g/mol. The summed E-state index contributed by atoms with van der Waals surface area (Å²) in [5.41, 5.74) is 2.23. The van der Waals surface area contributed by atoms with Crippen LogP contribution in [-0.4, -0.2) is 17.0 Å². The van der Waals surface area contributed by atoms with E-state index in [2.05, 4.69) is 5.32 Å². The molecule has 2 N–H and O–H groups in total. The van der Waals surface area contributed by atoms with E-state index in [0.29, 0.717) is 16.1 Å². The normalized spacial score (nSPS) is 11.5. The third kappa shape index (κ3) is 3.61. The fraction of sp³-hybridized carbons (Fsp3) is 0.100. The van der Waals surface area contributed by atoms with Crippen LogP contribution >= 0.6 is 11.3 Å². The van der Waals surface area contributed by atoms with Crippen molar-refractivity contribution < 1.29 is 14.7 Å². The highest BCUT2D eigenvalue weighted by molar-refractivity contribution is 7.15. The number of nitrogens with one attached hydrogen (secondary N) is 1. The Labute approximate surface area is 149 Å². The SMILES string of the molecule is CC(=Cc1ccc2ccccc2c1)C(=O)Nc1scc(C)c1C(=O)O. The number of fused-ring (bicyclic) bond motifs is 1. The predicted molar refractivity (Wildman–Crippen MR) is 102 cm³/mol. The lowest BCUT2D eigenvalue weighted by Crippen LogP contribution is -2.14. The molecule has 0 aliphatic rings. The van der Waals surface area contributed by atoms with Crippen LogP contribution in [0.25, 0.3) is 16.8 Å². The van der Waals surface area contributed by atoms with Crippen molar-refractivity contribution in [3.05, 3.63) is 70.1 Å². The van der Waals surface area contributed by atoms with Gasteiger partial charge in [0.25, 0.3) is 5.91 Å². The Balaban J connectivity index is 1.84. The number of carbonyl (C=O) groups is 2. The molecule has 0 fully saturated rings. The molecule has 3 rings (SSSR count). The molecule has 0 saturated carbocycles. The van der Waals surface area contributed by atoms with Crippen LogP contribution in [0.4, 0.5) is 5.00 Å². The van der Waals surface area contributed by atoms with Crippen LogP contribution in [0.15, 0.2) is 53.4 Å². The Kier molecular flexibility index (Phi) is 4.67. The van der Waals surface area contributed by atoms with Gasteiger partial charge in [0.1, 0.15) is 5.00 Å². The summed E-state index contributed by atoms with van der Waals surface area (Å²) in [6.45, 7) is 3.43. The van der Waals surface area contributed by atoms with E-state index in [-0.39, 0.29) is 11.5 Å². The van der Waals surface area contributed by atoms with E-state index in [4.69, 9.17) is 0 Å². The second-order valence-electron chi connectivity index (χ2n) is 5.82. The third-order valence-electron chi connectivity index (χ3n) is 3.93. The molecule has 0 aliphatic heterocycles. The molecule has 4 nitrogen and oxygen atoms in total. The van der Waals surface area contributed by atoms with E-state index < -0.39 is 5.97 Å². The average Bonchev–Trinajstić information content (AvgIpc) is 2.95. The molecule has 0 saturated heterocycles. The highest BCUT2D eigenvalue weighted by Gasteiger charge is 2.18. The van der Waals surface area contributed by atoms with Crippen LogP contribution in [0.1, 0.15) is 28.4 Å². The Morgan fingerprint density at radius 2 is 1.84 bits per heavy atom. The van der Waals surface area contributed by atoms with Gasteiger partial charge < -0.3 is 10.4 Å². The van der Waals surface area contributed by atoms with Crippen LogP contribution in [0.2, 0.25) is 0 Å². The molecule has 3 aromatic rings. The largest absolute Gasteiger partial charge is 0.478 e. The van der Waals surface area contributed by atoms with Crippen LogP contribution in [-0.2, 0) is 4.79 Å². The number of carboxylic acids is 1. The van der Waals surface area contributed by atoms with Crippen LogP contribution in [0.3, 0.4) is 0 Å². The Morgan fingerprint density at radius 1 is 1.12 bits per heavy atom. The second-order valence-corrected chi connectivity index (χ2v) is 6.70. The Morgan fingerprint density at radius 3 is 2.56 bits per heavy atom. The molecule has 0 aliphatic carbocycles. The fourth-order valence-electron chi connectivity index (χ4n) is 2.62. The summed E-state index contributed by atoms with van der Waals surface area (Å²) in [7, 11) is 0. The summed E-state index contributed by atoms with van der Waals surface area (Å²) >= 11 is 1.22. The third-order valence-corrected chi connectivity index (χ3v) is 4.94. The molecule has 2 aromatic carbocycles. The molecule has 1 heterocycles. The zero-order valence-corrected chi connectivity index (χ0v) is 14.7. The molecule has 25 heavy (non-hydrogen) atoms. The van der Waals surface area contributed by atoms with Crippen LogP contribution < -0.4 is 5.32 Å². The standard InChI is InChI=1S/C20H17NO3S/c1-12(9-14-7-8-15-5-3-4-6-16(15)10-14)18(22)21-19-17(20(23)24)13(2)11-25-19/h3-11H,1-2H3,(H,21,22)(H,23,24). The minimum atomic E-state index is -1.04. The summed E-state index contributed by atoms with van der Waals surface area (Å²) in [6, 6.07) is 14.0. The number of hydrogen-bond donors (Lipinski definition) is 2. The second kappa shape index (κ2) is 6.91. The van der Waals surface area contributed by atoms with E-state index in [1.165, 1.54) is 11.3 Å². The minimum absolute atomic E-state index is 0.150. The van der Waals surface area contributed by atoms with Gasteiger partial charge in [-0.05, 0) is 53.3 Å². The maximum Gasteiger partial charge on any atom is 0.338 e.